The first-order valence-electron chi connectivity index (χ1n) is 6.25. The highest BCUT2D eigenvalue weighted by atomic mass is 16.5. The molecule has 3 nitrogen and oxygen atoms in total. The molecule has 2 N–H and O–H groups in total. The van der Waals surface area contributed by atoms with Gasteiger partial charge in [-0.05, 0) is 29.3 Å². The predicted octanol–water partition coefficient (Wildman–Crippen LogP) is 2.75. The summed E-state index contributed by atoms with van der Waals surface area (Å²) in [6.45, 7) is 0.559. The van der Waals surface area contributed by atoms with Gasteiger partial charge in [0.15, 0.2) is 0 Å². The highest BCUT2D eigenvalue weighted by molar-refractivity contribution is 5.43. The van der Waals surface area contributed by atoms with Crippen molar-refractivity contribution in [3.05, 3.63) is 59.2 Å². The molecule has 2 rings (SSSR count). The zero-order chi connectivity index (χ0) is 13.7. The van der Waals surface area contributed by atoms with Crippen LogP contribution in [0.5, 0.6) is 11.5 Å². The quantitative estimate of drug-likeness (QED) is 0.895. The van der Waals surface area contributed by atoms with Gasteiger partial charge in [-0.15, -0.1) is 0 Å². The van der Waals surface area contributed by atoms with E-state index in [1.807, 2.05) is 30.3 Å². The zero-order valence-electron chi connectivity index (χ0n) is 11.3. The van der Waals surface area contributed by atoms with Gasteiger partial charge in [0.25, 0.3) is 0 Å². The van der Waals surface area contributed by atoms with Crippen LogP contribution >= 0.6 is 0 Å². The highest BCUT2D eigenvalue weighted by Gasteiger charge is 2.06. The Morgan fingerprint density at radius 3 is 2.42 bits per heavy atom. The Hall–Kier alpha value is -2.00. The topological polar surface area (TPSA) is 44.5 Å². The number of nitrogens with two attached hydrogens (primary N) is 1. The lowest BCUT2D eigenvalue weighted by atomic mass is 10.0. The van der Waals surface area contributed by atoms with Crippen molar-refractivity contribution >= 4 is 0 Å². The molecule has 0 amide bonds. The van der Waals surface area contributed by atoms with E-state index in [1.54, 1.807) is 14.2 Å². The van der Waals surface area contributed by atoms with E-state index in [1.165, 1.54) is 5.56 Å². The normalized spacial score (nSPS) is 10.3. The maximum atomic E-state index is 5.67. The maximum Gasteiger partial charge on any atom is 0.122 e. The fraction of sp³-hybridized carbons (Fsp3) is 0.250. The van der Waals surface area contributed by atoms with E-state index in [0.29, 0.717) is 6.54 Å². The molecule has 0 radical (unpaired) electrons. The highest BCUT2D eigenvalue weighted by Crippen LogP contribution is 2.26. The van der Waals surface area contributed by atoms with Crippen molar-refractivity contribution in [1.29, 1.82) is 0 Å². The van der Waals surface area contributed by atoms with Gasteiger partial charge in [0, 0.05) is 18.5 Å². The average molecular weight is 257 g/mol. The summed E-state index contributed by atoms with van der Waals surface area (Å²) < 4.78 is 10.7. The number of rotatable bonds is 5. The summed E-state index contributed by atoms with van der Waals surface area (Å²) in [6.07, 6.45) is 0.800. The minimum absolute atomic E-state index is 0.559. The molecule has 0 aliphatic carbocycles. The van der Waals surface area contributed by atoms with Crippen molar-refractivity contribution in [2.75, 3.05) is 14.2 Å². The lowest BCUT2D eigenvalue weighted by Gasteiger charge is -2.11. The molecule has 0 spiro atoms. The van der Waals surface area contributed by atoms with Crippen LogP contribution in [-0.4, -0.2) is 14.2 Å². The van der Waals surface area contributed by atoms with Gasteiger partial charge in [0.05, 0.1) is 14.2 Å². The van der Waals surface area contributed by atoms with Crippen LogP contribution in [0.2, 0.25) is 0 Å². The zero-order valence-corrected chi connectivity index (χ0v) is 11.3. The molecule has 2 aromatic rings. The van der Waals surface area contributed by atoms with Gasteiger partial charge in [-0.25, -0.2) is 0 Å². The fourth-order valence-corrected chi connectivity index (χ4v) is 2.11. The van der Waals surface area contributed by atoms with Gasteiger partial charge in [-0.1, -0.05) is 24.3 Å². The van der Waals surface area contributed by atoms with Gasteiger partial charge >= 0.3 is 0 Å². The van der Waals surface area contributed by atoms with Crippen LogP contribution in [0.4, 0.5) is 0 Å². The largest absolute Gasteiger partial charge is 0.497 e. The molecule has 0 saturated carbocycles. The summed E-state index contributed by atoms with van der Waals surface area (Å²) in [4.78, 5) is 0. The molecular formula is C16H19NO2. The van der Waals surface area contributed by atoms with E-state index in [2.05, 4.69) is 12.1 Å². The van der Waals surface area contributed by atoms with Crippen LogP contribution in [0.3, 0.4) is 0 Å². The molecule has 100 valence electrons. The third-order valence-corrected chi connectivity index (χ3v) is 3.11. The summed E-state index contributed by atoms with van der Waals surface area (Å²) >= 11 is 0. The number of hydrogen-bond acceptors (Lipinski definition) is 3. The molecule has 0 atom stereocenters. The molecule has 3 heteroatoms. The first-order valence-corrected chi connectivity index (χ1v) is 6.25. The maximum absolute atomic E-state index is 5.67. The second-order valence-corrected chi connectivity index (χ2v) is 4.38. The molecular weight excluding hydrogens is 238 g/mol. The Bertz CT molecular complexity index is 552. The summed E-state index contributed by atoms with van der Waals surface area (Å²) in [5, 5.41) is 0. The van der Waals surface area contributed by atoms with Crippen LogP contribution in [0.1, 0.15) is 16.7 Å². The van der Waals surface area contributed by atoms with Crippen molar-refractivity contribution in [1.82, 2.24) is 0 Å². The molecule has 2 aromatic carbocycles. The van der Waals surface area contributed by atoms with E-state index in [9.17, 15) is 0 Å². The summed E-state index contributed by atoms with van der Waals surface area (Å²) in [7, 11) is 3.35. The molecule has 0 bridgehead atoms. The van der Waals surface area contributed by atoms with Crippen LogP contribution in [-0.2, 0) is 13.0 Å². The second-order valence-electron chi connectivity index (χ2n) is 4.38. The average Bonchev–Trinajstić information content (AvgIpc) is 2.47. The Morgan fingerprint density at radius 1 is 0.947 bits per heavy atom. The molecule has 0 saturated heterocycles. The third-order valence-electron chi connectivity index (χ3n) is 3.11. The minimum atomic E-state index is 0.559. The number of ether oxygens (including phenoxy) is 2. The molecule has 19 heavy (non-hydrogen) atoms. The Labute approximate surface area is 114 Å². The monoisotopic (exact) mass is 257 g/mol. The summed E-state index contributed by atoms with van der Waals surface area (Å²) in [6, 6.07) is 14.1. The fourth-order valence-electron chi connectivity index (χ4n) is 2.11. The summed E-state index contributed by atoms with van der Waals surface area (Å²) in [5.41, 5.74) is 9.13. The van der Waals surface area contributed by atoms with Crippen LogP contribution in [0.15, 0.2) is 42.5 Å². The number of benzene rings is 2. The Kier molecular flexibility index (Phi) is 4.42. The number of hydrogen-bond donors (Lipinski definition) is 1. The van der Waals surface area contributed by atoms with Crippen LogP contribution in [0.25, 0.3) is 0 Å². The van der Waals surface area contributed by atoms with E-state index in [4.69, 9.17) is 15.2 Å². The van der Waals surface area contributed by atoms with Gasteiger partial charge in [0.1, 0.15) is 11.5 Å². The lowest BCUT2D eigenvalue weighted by Crippen LogP contribution is -1.99. The smallest absolute Gasteiger partial charge is 0.122 e. The molecule has 0 aliphatic heterocycles. The van der Waals surface area contributed by atoms with Gasteiger partial charge in [-0.2, -0.15) is 0 Å². The van der Waals surface area contributed by atoms with Gasteiger partial charge in [-0.3, -0.25) is 0 Å². The van der Waals surface area contributed by atoms with Crippen LogP contribution < -0.4 is 15.2 Å². The van der Waals surface area contributed by atoms with Crippen molar-refractivity contribution < 1.29 is 9.47 Å². The van der Waals surface area contributed by atoms with E-state index >= 15 is 0 Å². The van der Waals surface area contributed by atoms with Crippen molar-refractivity contribution in [3.63, 3.8) is 0 Å². The van der Waals surface area contributed by atoms with Crippen molar-refractivity contribution in [2.24, 2.45) is 5.73 Å². The molecule has 0 aliphatic rings. The first kappa shape index (κ1) is 13.4. The molecule has 0 heterocycles. The SMILES string of the molecule is COc1ccc(OC)c(Cc2cccc(CN)c2)c1. The van der Waals surface area contributed by atoms with E-state index in [0.717, 1.165) is 29.0 Å². The Balaban J connectivity index is 2.30. The first-order chi connectivity index (χ1) is 9.26. The molecule has 0 unspecified atom stereocenters. The van der Waals surface area contributed by atoms with Crippen LogP contribution in [0, 0.1) is 0 Å². The Morgan fingerprint density at radius 2 is 1.74 bits per heavy atom. The minimum Gasteiger partial charge on any atom is -0.497 e. The van der Waals surface area contributed by atoms with E-state index in [-0.39, 0.29) is 0 Å². The van der Waals surface area contributed by atoms with Crippen molar-refractivity contribution in [2.45, 2.75) is 13.0 Å². The predicted molar refractivity (Wildman–Crippen MR) is 76.7 cm³/mol. The third kappa shape index (κ3) is 3.26. The number of methoxy groups -OCH3 is 2. The van der Waals surface area contributed by atoms with Gasteiger partial charge < -0.3 is 15.2 Å². The van der Waals surface area contributed by atoms with E-state index < -0.39 is 0 Å². The second kappa shape index (κ2) is 6.25. The lowest BCUT2D eigenvalue weighted by molar-refractivity contribution is 0.399. The standard InChI is InChI=1S/C16H19NO2/c1-18-15-6-7-16(19-2)14(10-15)9-12-4-3-5-13(8-12)11-17/h3-8,10H,9,11,17H2,1-2H3. The van der Waals surface area contributed by atoms with Gasteiger partial charge in [0.2, 0.25) is 0 Å². The van der Waals surface area contributed by atoms with Crippen molar-refractivity contribution in [3.8, 4) is 11.5 Å². The summed E-state index contributed by atoms with van der Waals surface area (Å²) in [5.74, 6) is 1.71. The molecule has 0 aromatic heterocycles. The molecule has 0 fully saturated rings.